The summed E-state index contributed by atoms with van der Waals surface area (Å²) in [4.78, 5) is 0. The van der Waals surface area contributed by atoms with Crippen molar-refractivity contribution in [2.75, 3.05) is 12.5 Å². The molecule has 0 fully saturated rings. The number of hydrogen-bond donors (Lipinski definition) is 1. The number of hydrogen-bond acceptors (Lipinski definition) is 3. The van der Waals surface area contributed by atoms with Gasteiger partial charge in [0.2, 0.25) is 0 Å². The number of nitrogens with one attached hydrogen (secondary N) is 1. The molecule has 0 aromatic heterocycles. The molecule has 1 N–H and O–H groups in total. The highest BCUT2D eigenvalue weighted by molar-refractivity contribution is 5.99. The van der Waals surface area contributed by atoms with Crippen LogP contribution in [-0.2, 0) is 0 Å². The molecule has 0 aliphatic rings. The van der Waals surface area contributed by atoms with Crippen LogP contribution in [0.3, 0.4) is 0 Å². The monoisotopic (exact) mass is 254 g/mol. The van der Waals surface area contributed by atoms with Crippen LogP contribution in [0.1, 0.15) is 18.1 Å². The Morgan fingerprint density at radius 1 is 1.00 bits per heavy atom. The Kier molecular flexibility index (Phi) is 4.18. The Morgan fingerprint density at radius 2 is 1.63 bits per heavy atom. The van der Waals surface area contributed by atoms with Crippen LogP contribution in [0.2, 0.25) is 0 Å². The molecule has 2 aromatic carbocycles. The lowest BCUT2D eigenvalue weighted by molar-refractivity contribution is 0.415. The lowest BCUT2D eigenvalue weighted by atomic mass is 10.1. The van der Waals surface area contributed by atoms with Crippen molar-refractivity contribution < 1.29 is 4.74 Å². The molecule has 0 unspecified atom stereocenters. The Morgan fingerprint density at radius 3 is 2.21 bits per heavy atom. The van der Waals surface area contributed by atoms with Crippen LogP contribution in [-0.4, -0.2) is 12.8 Å². The minimum absolute atomic E-state index is 0.838. The number of aryl methyl sites for hydroxylation is 1. The minimum atomic E-state index is 0.838. The molecule has 3 nitrogen and oxygen atoms in total. The van der Waals surface area contributed by atoms with E-state index in [1.807, 2.05) is 31.2 Å². The summed E-state index contributed by atoms with van der Waals surface area (Å²) in [5.74, 6) is 0.838. The van der Waals surface area contributed by atoms with Crippen molar-refractivity contribution in [2.24, 2.45) is 5.10 Å². The quantitative estimate of drug-likeness (QED) is 0.664. The average Bonchev–Trinajstić information content (AvgIpc) is 2.46. The number of benzene rings is 2. The van der Waals surface area contributed by atoms with Gasteiger partial charge in [0.25, 0.3) is 0 Å². The van der Waals surface area contributed by atoms with Crippen molar-refractivity contribution in [1.29, 1.82) is 0 Å². The highest BCUT2D eigenvalue weighted by Crippen LogP contribution is 2.15. The summed E-state index contributed by atoms with van der Waals surface area (Å²) in [6.45, 7) is 4.06. The Balaban J connectivity index is 2.06. The van der Waals surface area contributed by atoms with Gasteiger partial charge in [-0.05, 0) is 43.7 Å². The number of methoxy groups -OCH3 is 1. The summed E-state index contributed by atoms with van der Waals surface area (Å²) < 4.78 is 5.11. The van der Waals surface area contributed by atoms with E-state index >= 15 is 0 Å². The number of rotatable bonds is 4. The van der Waals surface area contributed by atoms with E-state index in [4.69, 9.17) is 4.74 Å². The lowest BCUT2D eigenvalue weighted by Crippen LogP contribution is -1.99. The first-order valence-corrected chi connectivity index (χ1v) is 6.20. The largest absolute Gasteiger partial charge is 0.497 e. The number of anilines is 1. The van der Waals surface area contributed by atoms with E-state index in [2.05, 4.69) is 41.7 Å². The molecule has 0 bridgehead atoms. The second-order valence-electron chi connectivity index (χ2n) is 4.40. The van der Waals surface area contributed by atoms with Gasteiger partial charge in [0.15, 0.2) is 0 Å². The molecule has 0 saturated heterocycles. The van der Waals surface area contributed by atoms with E-state index in [0.717, 1.165) is 22.7 Å². The van der Waals surface area contributed by atoms with E-state index in [0.29, 0.717) is 0 Å². The first kappa shape index (κ1) is 13.1. The van der Waals surface area contributed by atoms with Crippen LogP contribution >= 0.6 is 0 Å². The zero-order valence-electron chi connectivity index (χ0n) is 11.5. The Labute approximate surface area is 113 Å². The average molecular weight is 254 g/mol. The fourth-order valence-electron chi connectivity index (χ4n) is 1.67. The first-order valence-electron chi connectivity index (χ1n) is 6.20. The summed E-state index contributed by atoms with van der Waals surface area (Å²) in [5, 5.41) is 4.38. The first-order chi connectivity index (χ1) is 9.19. The second kappa shape index (κ2) is 6.05. The molecule has 0 aliphatic heterocycles. The molecule has 2 aromatic rings. The van der Waals surface area contributed by atoms with Crippen LogP contribution in [0.5, 0.6) is 5.75 Å². The number of nitrogens with zero attached hydrogens (tertiary/aromatic N) is 1. The summed E-state index contributed by atoms with van der Waals surface area (Å²) >= 11 is 0. The van der Waals surface area contributed by atoms with Gasteiger partial charge in [0, 0.05) is 0 Å². The fourth-order valence-corrected chi connectivity index (χ4v) is 1.67. The topological polar surface area (TPSA) is 33.6 Å². The van der Waals surface area contributed by atoms with Crippen molar-refractivity contribution in [3.05, 3.63) is 59.7 Å². The molecule has 0 radical (unpaired) electrons. The summed E-state index contributed by atoms with van der Waals surface area (Å²) in [6.07, 6.45) is 0. The van der Waals surface area contributed by atoms with Crippen LogP contribution in [0.4, 0.5) is 5.69 Å². The molecule has 0 saturated carbocycles. The molecule has 3 heteroatoms. The summed E-state index contributed by atoms with van der Waals surface area (Å²) in [6, 6.07) is 16.0. The third-order valence-corrected chi connectivity index (χ3v) is 2.91. The maximum Gasteiger partial charge on any atom is 0.119 e. The molecular weight excluding hydrogens is 236 g/mol. The van der Waals surface area contributed by atoms with Crippen molar-refractivity contribution in [1.82, 2.24) is 0 Å². The third kappa shape index (κ3) is 3.58. The highest BCUT2D eigenvalue weighted by Gasteiger charge is 1.97. The van der Waals surface area contributed by atoms with Gasteiger partial charge in [0.1, 0.15) is 5.75 Å². The zero-order valence-corrected chi connectivity index (χ0v) is 11.5. The van der Waals surface area contributed by atoms with Crippen molar-refractivity contribution >= 4 is 11.4 Å². The van der Waals surface area contributed by atoms with Crippen molar-refractivity contribution in [2.45, 2.75) is 13.8 Å². The van der Waals surface area contributed by atoms with E-state index in [1.165, 1.54) is 5.56 Å². The molecule has 98 valence electrons. The van der Waals surface area contributed by atoms with E-state index < -0.39 is 0 Å². The van der Waals surface area contributed by atoms with E-state index in [1.54, 1.807) is 7.11 Å². The van der Waals surface area contributed by atoms with Gasteiger partial charge in [-0.2, -0.15) is 5.10 Å². The normalized spacial score (nSPS) is 11.2. The van der Waals surface area contributed by atoms with Gasteiger partial charge in [-0.3, -0.25) is 5.43 Å². The molecule has 0 heterocycles. The van der Waals surface area contributed by atoms with E-state index in [-0.39, 0.29) is 0 Å². The maximum atomic E-state index is 5.11. The molecule has 0 aliphatic carbocycles. The van der Waals surface area contributed by atoms with E-state index in [9.17, 15) is 0 Å². The molecule has 0 spiro atoms. The van der Waals surface area contributed by atoms with Crippen LogP contribution in [0, 0.1) is 6.92 Å². The fraction of sp³-hybridized carbons (Fsp3) is 0.188. The molecular formula is C16H18N2O. The highest BCUT2D eigenvalue weighted by atomic mass is 16.5. The molecule has 0 atom stereocenters. The molecule has 0 amide bonds. The van der Waals surface area contributed by atoms with Gasteiger partial charge in [-0.25, -0.2) is 0 Å². The van der Waals surface area contributed by atoms with Crippen LogP contribution in [0.15, 0.2) is 53.6 Å². The minimum Gasteiger partial charge on any atom is -0.497 e. The Bertz CT molecular complexity index is 556. The van der Waals surface area contributed by atoms with Gasteiger partial charge in [-0.15, -0.1) is 0 Å². The maximum absolute atomic E-state index is 5.11. The van der Waals surface area contributed by atoms with Gasteiger partial charge >= 0.3 is 0 Å². The second-order valence-corrected chi connectivity index (χ2v) is 4.40. The number of hydrazone groups is 1. The van der Waals surface area contributed by atoms with Gasteiger partial charge < -0.3 is 4.74 Å². The zero-order chi connectivity index (χ0) is 13.7. The standard InChI is InChI=1S/C16H18N2O/c1-12-4-6-14(7-5-12)13(2)17-18-15-8-10-16(19-3)11-9-15/h4-11,18H,1-3H3/b17-13-. The predicted octanol–water partition coefficient (Wildman–Crippen LogP) is 3.84. The Hall–Kier alpha value is -2.29. The van der Waals surface area contributed by atoms with Crippen LogP contribution < -0.4 is 10.2 Å². The smallest absolute Gasteiger partial charge is 0.119 e. The molecule has 2 rings (SSSR count). The summed E-state index contributed by atoms with van der Waals surface area (Å²) in [5.41, 5.74) is 7.30. The third-order valence-electron chi connectivity index (χ3n) is 2.91. The van der Waals surface area contributed by atoms with Gasteiger partial charge in [0.05, 0.1) is 18.5 Å². The number of ether oxygens (including phenoxy) is 1. The van der Waals surface area contributed by atoms with Crippen molar-refractivity contribution in [3.63, 3.8) is 0 Å². The molecule has 19 heavy (non-hydrogen) atoms. The summed E-state index contributed by atoms with van der Waals surface area (Å²) in [7, 11) is 1.65. The predicted molar refractivity (Wildman–Crippen MR) is 80.0 cm³/mol. The van der Waals surface area contributed by atoms with Crippen LogP contribution in [0.25, 0.3) is 0 Å². The lowest BCUT2D eigenvalue weighted by Gasteiger charge is -2.05. The van der Waals surface area contributed by atoms with Gasteiger partial charge in [-0.1, -0.05) is 29.8 Å². The van der Waals surface area contributed by atoms with Crippen molar-refractivity contribution in [3.8, 4) is 5.75 Å². The SMILES string of the molecule is COc1ccc(N/N=C(/C)c2ccc(C)cc2)cc1.